The average Bonchev–Trinajstić information content (AvgIpc) is 2.73. The Labute approximate surface area is 166 Å². The van der Waals surface area contributed by atoms with Crippen molar-refractivity contribution in [2.24, 2.45) is 0 Å². The number of piperazine rings is 1. The lowest BCUT2D eigenvalue weighted by molar-refractivity contribution is -0.133. The second kappa shape index (κ2) is 8.46. The van der Waals surface area contributed by atoms with E-state index in [-0.39, 0.29) is 17.2 Å². The Morgan fingerprint density at radius 1 is 0.929 bits per heavy atom. The minimum absolute atomic E-state index is 0.0179. The number of rotatable bonds is 5. The van der Waals surface area contributed by atoms with Gasteiger partial charge >= 0.3 is 0 Å². The van der Waals surface area contributed by atoms with Gasteiger partial charge in [-0.25, -0.2) is 0 Å². The summed E-state index contributed by atoms with van der Waals surface area (Å²) in [5.41, 5.74) is 1.56. The third-order valence-corrected chi connectivity index (χ3v) is 5.38. The van der Waals surface area contributed by atoms with Gasteiger partial charge < -0.3 is 14.5 Å². The lowest BCUT2D eigenvalue weighted by atomic mass is 9.81. The van der Waals surface area contributed by atoms with Crippen LogP contribution in [0.25, 0.3) is 0 Å². The van der Waals surface area contributed by atoms with Gasteiger partial charge in [-0.2, -0.15) is 0 Å². The Morgan fingerprint density at radius 3 is 2.21 bits per heavy atom. The van der Waals surface area contributed by atoms with Gasteiger partial charge in [-0.05, 0) is 29.2 Å². The fourth-order valence-electron chi connectivity index (χ4n) is 3.58. The molecule has 0 unspecified atom stereocenters. The molecule has 0 radical (unpaired) electrons. The molecule has 1 fully saturated rings. The highest BCUT2D eigenvalue weighted by atomic mass is 16.5. The molecule has 2 aromatic rings. The summed E-state index contributed by atoms with van der Waals surface area (Å²) in [6.07, 6.45) is 0.459. The maximum atomic E-state index is 12.8. The van der Waals surface area contributed by atoms with Crippen molar-refractivity contribution in [3.63, 3.8) is 0 Å². The number of carbonyl (C=O) groups is 2. The number of amides is 2. The van der Waals surface area contributed by atoms with Gasteiger partial charge in [0.2, 0.25) is 5.91 Å². The van der Waals surface area contributed by atoms with E-state index in [1.54, 1.807) is 24.1 Å². The zero-order chi connectivity index (χ0) is 20.1. The first-order valence-corrected chi connectivity index (χ1v) is 9.67. The van der Waals surface area contributed by atoms with E-state index in [0.29, 0.717) is 43.9 Å². The summed E-state index contributed by atoms with van der Waals surface area (Å²) in [5.74, 6) is 0.792. The largest absolute Gasteiger partial charge is 0.497 e. The number of hydrogen-bond acceptors (Lipinski definition) is 3. The van der Waals surface area contributed by atoms with Crippen LogP contribution in [0, 0.1) is 0 Å². The maximum Gasteiger partial charge on any atom is 0.254 e. The van der Waals surface area contributed by atoms with E-state index in [0.717, 1.165) is 5.56 Å². The molecule has 0 spiro atoms. The van der Waals surface area contributed by atoms with Crippen LogP contribution in [0.3, 0.4) is 0 Å². The van der Waals surface area contributed by atoms with Crippen LogP contribution >= 0.6 is 0 Å². The SMILES string of the molecule is COc1cccc(C(=O)N2CCN(C(=O)CC(C)(C)c3ccccc3)CC2)c1. The predicted octanol–water partition coefficient (Wildman–Crippen LogP) is 3.35. The summed E-state index contributed by atoms with van der Waals surface area (Å²) in [6, 6.07) is 17.3. The van der Waals surface area contributed by atoms with Gasteiger partial charge in [0.1, 0.15) is 5.75 Å². The third-order valence-electron chi connectivity index (χ3n) is 5.38. The molecule has 1 heterocycles. The van der Waals surface area contributed by atoms with Crippen molar-refractivity contribution >= 4 is 11.8 Å². The first-order chi connectivity index (χ1) is 13.4. The Morgan fingerprint density at radius 2 is 1.57 bits per heavy atom. The van der Waals surface area contributed by atoms with E-state index < -0.39 is 0 Å². The summed E-state index contributed by atoms with van der Waals surface area (Å²) in [6.45, 7) is 6.44. The third kappa shape index (κ3) is 4.53. The molecule has 0 aliphatic carbocycles. The smallest absolute Gasteiger partial charge is 0.254 e. The van der Waals surface area contributed by atoms with E-state index in [9.17, 15) is 9.59 Å². The lowest BCUT2D eigenvalue weighted by Crippen LogP contribution is -2.51. The minimum Gasteiger partial charge on any atom is -0.497 e. The summed E-state index contributed by atoms with van der Waals surface area (Å²) in [7, 11) is 1.59. The average molecular weight is 380 g/mol. The fraction of sp³-hybridized carbons (Fsp3) is 0.391. The molecule has 3 rings (SSSR count). The summed E-state index contributed by atoms with van der Waals surface area (Å²) >= 11 is 0. The summed E-state index contributed by atoms with van der Waals surface area (Å²) in [5, 5.41) is 0. The second-order valence-electron chi connectivity index (χ2n) is 7.83. The molecule has 1 saturated heterocycles. The molecule has 0 bridgehead atoms. The van der Waals surface area contributed by atoms with Crippen LogP contribution < -0.4 is 4.74 Å². The van der Waals surface area contributed by atoms with Gasteiger partial charge in [0.05, 0.1) is 7.11 Å². The van der Waals surface area contributed by atoms with Gasteiger partial charge in [-0.3, -0.25) is 9.59 Å². The van der Waals surface area contributed by atoms with Crippen molar-refractivity contribution in [1.82, 2.24) is 9.80 Å². The van der Waals surface area contributed by atoms with Crippen LogP contribution in [-0.2, 0) is 10.2 Å². The van der Waals surface area contributed by atoms with Crippen molar-refractivity contribution in [3.05, 3.63) is 65.7 Å². The summed E-state index contributed by atoms with van der Waals surface area (Å²) < 4.78 is 5.20. The Balaban J connectivity index is 1.57. The molecule has 0 saturated carbocycles. The van der Waals surface area contributed by atoms with Crippen LogP contribution in [0.2, 0.25) is 0 Å². The molecule has 2 aromatic carbocycles. The van der Waals surface area contributed by atoms with Crippen LogP contribution in [0.5, 0.6) is 5.75 Å². The minimum atomic E-state index is -0.216. The molecule has 0 aromatic heterocycles. The van der Waals surface area contributed by atoms with Crippen molar-refractivity contribution < 1.29 is 14.3 Å². The fourth-order valence-corrected chi connectivity index (χ4v) is 3.58. The van der Waals surface area contributed by atoms with Gasteiger partial charge in [0.25, 0.3) is 5.91 Å². The van der Waals surface area contributed by atoms with Gasteiger partial charge in [-0.15, -0.1) is 0 Å². The highest BCUT2D eigenvalue weighted by Gasteiger charge is 2.30. The monoisotopic (exact) mass is 380 g/mol. The van der Waals surface area contributed by atoms with Crippen LogP contribution in [0.1, 0.15) is 36.2 Å². The van der Waals surface area contributed by atoms with E-state index >= 15 is 0 Å². The molecule has 5 heteroatoms. The van der Waals surface area contributed by atoms with Gasteiger partial charge in [0, 0.05) is 38.2 Å². The number of benzene rings is 2. The molecule has 1 aliphatic rings. The Bertz CT molecular complexity index is 825. The number of hydrogen-bond donors (Lipinski definition) is 0. The highest BCUT2D eigenvalue weighted by Crippen LogP contribution is 2.28. The molecule has 0 N–H and O–H groups in total. The molecular formula is C23H28N2O3. The number of methoxy groups -OCH3 is 1. The van der Waals surface area contributed by atoms with Crippen molar-refractivity contribution in [2.75, 3.05) is 33.3 Å². The van der Waals surface area contributed by atoms with Crippen LogP contribution in [0.15, 0.2) is 54.6 Å². The summed E-state index contributed by atoms with van der Waals surface area (Å²) in [4.78, 5) is 29.2. The molecule has 2 amide bonds. The molecule has 0 atom stereocenters. The predicted molar refractivity (Wildman–Crippen MR) is 110 cm³/mol. The number of nitrogens with zero attached hydrogens (tertiary/aromatic N) is 2. The Kier molecular flexibility index (Phi) is 6.02. The highest BCUT2D eigenvalue weighted by molar-refractivity contribution is 5.94. The van der Waals surface area contributed by atoms with E-state index in [2.05, 4.69) is 26.0 Å². The topological polar surface area (TPSA) is 49.9 Å². The second-order valence-corrected chi connectivity index (χ2v) is 7.83. The standard InChI is InChI=1S/C23H28N2O3/c1-23(2,19-9-5-4-6-10-19)17-21(26)24-12-14-25(15-13-24)22(27)18-8-7-11-20(16-18)28-3/h4-11,16H,12-15,17H2,1-3H3. The van der Waals surface area contributed by atoms with Crippen LogP contribution in [0.4, 0.5) is 0 Å². The maximum absolute atomic E-state index is 12.8. The van der Waals surface area contributed by atoms with E-state index in [1.165, 1.54) is 0 Å². The Hall–Kier alpha value is -2.82. The molecule has 1 aliphatic heterocycles. The van der Waals surface area contributed by atoms with Gasteiger partial charge in [-0.1, -0.05) is 50.2 Å². The van der Waals surface area contributed by atoms with Crippen molar-refractivity contribution in [1.29, 1.82) is 0 Å². The molecule has 5 nitrogen and oxygen atoms in total. The first kappa shape index (κ1) is 19.9. The first-order valence-electron chi connectivity index (χ1n) is 9.67. The van der Waals surface area contributed by atoms with E-state index in [1.807, 2.05) is 35.2 Å². The number of carbonyl (C=O) groups excluding carboxylic acids is 2. The molecular weight excluding hydrogens is 352 g/mol. The zero-order valence-corrected chi connectivity index (χ0v) is 16.9. The van der Waals surface area contributed by atoms with Crippen molar-refractivity contribution in [2.45, 2.75) is 25.7 Å². The molecule has 28 heavy (non-hydrogen) atoms. The van der Waals surface area contributed by atoms with Crippen LogP contribution in [-0.4, -0.2) is 54.9 Å². The van der Waals surface area contributed by atoms with Crippen molar-refractivity contribution in [3.8, 4) is 5.75 Å². The van der Waals surface area contributed by atoms with Gasteiger partial charge in [0.15, 0.2) is 0 Å². The zero-order valence-electron chi connectivity index (χ0n) is 16.9. The molecule has 148 valence electrons. The van der Waals surface area contributed by atoms with E-state index in [4.69, 9.17) is 4.74 Å². The quantitative estimate of drug-likeness (QED) is 0.799. The normalized spacial score (nSPS) is 14.7. The number of ether oxygens (including phenoxy) is 1. The lowest BCUT2D eigenvalue weighted by Gasteiger charge is -2.36.